The molecule has 1 fully saturated rings. The van der Waals surface area contributed by atoms with Crippen LogP contribution in [0.3, 0.4) is 0 Å². The lowest BCUT2D eigenvalue weighted by molar-refractivity contribution is 0.0418. The van der Waals surface area contributed by atoms with Gasteiger partial charge in [-0.25, -0.2) is 4.39 Å². The molecule has 0 unspecified atom stereocenters. The van der Waals surface area contributed by atoms with E-state index in [1.54, 1.807) is 35.0 Å². The van der Waals surface area contributed by atoms with Gasteiger partial charge < -0.3 is 9.84 Å². The van der Waals surface area contributed by atoms with Crippen molar-refractivity contribution in [3.05, 3.63) is 66.1 Å². The second-order valence-electron chi connectivity index (χ2n) is 6.75. The number of aromatic hydroxyl groups is 1. The smallest absolute Gasteiger partial charge is 0.123 e. The summed E-state index contributed by atoms with van der Waals surface area (Å²) in [6.07, 6.45) is 3.47. The fourth-order valence-electron chi connectivity index (χ4n) is 3.60. The predicted molar refractivity (Wildman–Crippen MR) is 95.3 cm³/mol. The van der Waals surface area contributed by atoms with Crippen LogP contribution in [-0.4, -0.2) is 33.3 Å². The fraction of sp³-hybridized carbons (Fsp3) is 0.300. The van der Waals surface area contributed by atoms with Gasteiger partial charge >= 0.3 is 0 Å². The molecule has 0 amide bonds. The van der Waals surface area contributed by atoms with Gasteiger partial charge in [0.25, 0.3) is 0 Å². The first-order chi connectivity index (χ1) is 12.6. The monoisotopic (exact) mass is 353 g/mol. The molecule has 0 aliphatic carbocycles. The lowest BCUT2D eigenvalue weighted by Gasteiger charge is -2.37. The van der Waals surface area contributed by atoms with Gasteiger partial charge in [-0.2, -0.15) is 0 Å². The van der Waals surface area contributed by atoms with E-state index in [9.17, 15) is 9.50 Å². The molecule has 1 aromatic heterocycles. The number of aromatic nitrogens is 3. The van der Waals surface area contributed by atoms with E-state index >= 15 is 0 Å². The predicted octanol–water partition coefficient (Wildman–Crippen LogP) is 3.54. The third-order valence-corrected chi connectivity index (χ3v) is 5.03. The zero-order chi connectivity index (χ0) is 18.0. The molecule has 5 nitrogen and oxygen atoms in total. The van der Waals surface area contributed by atoms with Crippen LogP contribution >= 0.6 is 0 Å². The first-order valence-electron chi connectivity index (χ1n) is 8.68. The normalized spacial score (nSPS) is 16.5. The van der Waals surface area contributed by atoms with Crippen molar-refractivity contribution in [3.8, 4) is 17.0 Å². The molecule has 6 heteroatoms. The summed E-state index contributed by atoms with van der Waals surface area (Å²) in [5.41, 5.74) is 2.24. The van der Waals surface area contributed by atoms with Crippen LogP contribution in [0, 0.1) is 5.82 Å². The summed E-state index contributed by atoms with van der Waals surface area (Å²) >= 11 is 0. The zero-order valence-electron chi connectivity index (χ0n) is 14.3. The minimum atomic E-state index is -0.232. The van der Waals surface area contributed by atoms with Crippen molar-refractivity contribution in [2.24, 2.45) is 0 Å². The van der Waals surface area contributed by atoms with E-state index in [0.717, 1.165) is 24.0 Å². The maximum atomic E-state index is 13.8. The molecule has 0 saturated carbocycles. The number of rotatable bonds is 4. The Morgan fingerprint density at radius 3 is 2.69 bits per heavy atom. The molecule has 1 aliphatic heterocycles. The van der Waals surface area contributed by atoms with Crippen molar-refractivity contribution < 1.29 is 14.2 Å². The van der Waals surface area contributed by atoms with Crippen LogP contribution in [0.15, 0.2) is 54.7 Å². The Kier molecular flexibility index (Phi) is 4.42. The number of hydrogen-bond acceptors (Lipinski definition) is 4. The molecule has 4 rings (SSSR count). The van der Waals surface area contributed by atoms with Crippen molar-refractivity contribution in [2.45, 2.75) is 24.8 Å². The molecule has 134 valence electrons. The second-order valence-corrected chi connectivity index (χ2v) is 6.75. The van der Waals surface area contributed by atoms with Crippen LogP contribution in [-0.2, 0) is 16.7 Å². The Balaban J connectivity index is 1.65. The maximum Gasteiger partial charge on any atom is 0.123 e. The van der Waals surface area contributed by atoms with E-state index in [1.165, 1.54) is 6.07 Å². The highest BCUT2D eigenvalue weighted by atomic mass is 19.1. The molecule has 0 bridgehead atoms. The number of ether oxygens (including phenoxy) is 1. The molecule has 0 spiro atoms. The van der Waals surface area contributed by atoms with E-state index in [2.05, 4.69) is 10.3 Å². The third kappa shape index (κ3) is 3.32. The van der Waals surface area contributed by atoms with Gasteiger partial charge in [-0.3, -0.25) is 4.68 Å². The molecule has 2 heterocycles. The maximum absolute atomic E-state index is 13.8. The molecule has 0 atom stereocenters. The highest BCUT2D eigenvalue weighted by molar-refractivity contribution is 5.59. The lowest BCUT2D eigenvalue weighted by Crippen LogP contribution is -2.38. The average Bonchev–Trinajstić information content (AvgIpc) is 3.11. The molecule has 26 heavy (non-hydrogen) atoms. The van der Waals surface area contributed by atoms with Crippen LogP contribution in [0.2, 0.25) is 0 Å². The summed E-state index contributed by atoms with van der Waals surface area (Å²) in [4.78, 5) is 0. The molecule has 3 aromatic rings. The Morgan fingerprint density at radius 1 is 1.12 bits per heavy atom. The summed E-state index contributed by atoms with van der Waals surface area (Å²) in [6, 6.07) is 13.7. The zero-order valence-corrected chi connectivity index (χ0v) is 14.3. The van der Waals surface area contributed by atoms with Crippen molar-refractivity contribution in [1.82, 2.24) is 15.0 Å². The van der Waals surface area contributed by atoms with Crippen LogP contribution in [0.25, 0.3) is 11.3 Å². The number of nitrogens with zero attached hydrogens (tertiary/aromatic N) is 3. The molecule has 2 aromatic carbocycles. The van der Waals surface area contributed by atoms with E-state index in [4.69, 9.17) is 4.74 Å². The Hall–Kier alpha value is -2.73. The minimum absolute atomic E-state index is 0.192. The highest BCUT2D eigenvalue weighted by Gasteiger charge is 2.35. The van der Waals surface area contributed by atoms with Gasteiger partial charge in [-0.1, -0.05) is 29.5 Å². The number of halogens is 1. The van der Waals surface area contributed by atoms with Gasteiger partial charge in [0, 0.05) is 24.2 Å². The summed E-state index contributed by atoms with van der Waals surface area (Å²) < 4.78 is 21.1. The molecule has 1 saturated heterocycles. The molecule has 1 aliphatic rings. The van der Waals surface area contributed by atoms with Crippen LogP contribution in [0.4, 0.5) is 4.39 Å². The van der Waals surface area contributed by atoms with Gasteiger partial charge in [-0.15, -0.1) is 5.10 Å². The SMILES string of the molecule is Oc1cccc(-c2cn(CC3(c4cccc(F)c4)CCOCC3)nn2)c1. The first-order valence-corrected chi connectivity index (χ1v) is 8.68. The second kappa shape index (κ2) is 6.88. The fourth-order valence-corrected chi connectivity index (χ4v) is 3.60. The quantitative estimate of drug-likeness (QED) is 0.779. The number of benzene rings is 2. The molecular weight excluding hydrogens is 333 g/mol. The lowest BCUT2D eigenvalue weighted by atomic mass is 9.74. The van der Waals surface area contributed by atoms with Crippen molar-refractivity contribution in [3.63, 3.8) is 0 Å². The van der Waals surface area contributed by atoms with Crippen molar-refractivity contribution in [1.29, 1.82) is 0 Å². The summed E-state index contributed by atoms with van der Waals surface area (Å²) in [7, 11) is 0. The number of phenols is 1. The van der Waals surface area contributed by atoms with Gasteiger partial charge in [-0.05, 0) is 42.7 Å². The standard InChI is InChI=1S/C20H20FN3O2/c21-17-5-2-4-16(12-17)20(7-9-26-10-8-20)14-24-13-19(22-23-24)15-3-1-6-18(25)11-15/h1-6,11-13,25H,7-10,14H2. The van der Waals surface area contributed by atoms with Gasteiger partial charge in [0.1, 0.15) is 17.3 Å². The van der Waals surface area contributed by atoms with Gasteiger partial charge in [0.05, 0.1) is 12.7 Å². The minimum Gasteiger partial charge on any atom is -0.508 e. The third-order valence-electron chi connectivity index (χ3n) is 5.03. The van der Waals surface area contributed by atoms with Crippen LogP contribution in [0.1, 0.15) is 18.4 Å². The van der Waals surface area contributed by atoms with Crippen LogP contribution < -0.4 is 0 Å². The molecule has 1 N–H and O–H groups in total. The Morgan fingerprint density at radius 2 is 1.92 bits per heavy atom. The summed E-state index contributed by atoms with van der Waals surface area (Å²) in [6.45, 7) is 1.89. The first kappa shape index (κ1) is 16.7. The van der Waals surface area contributed by atoms with Crippen LogP contribution in [0.5, 0.6) is 5.75 Å². The molecule has 0 radical (unpaired) electrons. The van der Waals surface area contributed by atoms with Crippen molar-refractivity contribution >= 4 is 0 Å². The van der Waals surface area contributed by atoms with Crippen molar-refractivity contribution in [2.75, 3.05) is 13.2 Å². The van der Waals surface area contributed by atoms with E-state index in [1.807, 2.05) is 18.3 Å². The van der Waals surface area contributed by atoms with E-state index in [0.29, 0.717) is 25.5 Å². The molecular formula is C20H20FN3O2. The van der Waals surface area contributed by atoms with Gasteiger partial charge in [0.15, 0.2) is 0 Å². The average molecular weight is 353 g/mol. The largest absolute Gasteiger partial charge is 0.508 e. The number of phenolic OH excluding ortho intramolecular Hbond substituents is 1. The Bertz CT molecular complexity index is 903. The number of hydrogen-bond donors (Lipinski definition) is 1. The topological polar surface area (TPSA) is 60.2 Å². The van der Waals surface area contributed by atoms with E-state index < -0.39 is 0 Å². The summed E-state index contributed by atoms with van der Waals surface area (Å²) in [5.74, 6) is -0.0369. The van der Waals surface area contributed by atoms with E-state index in [-0.39, 0.29) is 17.0 Å². The summed E-state index contributed by atoms with van der Waals surface area (Å²) in [5, 5.41) is 18.1. The highest BCUT2D eigenvalue weighted by Crippen LogP contribution is 2.37. The Labute approximate surface area is 151 Å². The van der Waals surface area contributed by atoms with Gasteiger partial charge in [0.2, 0.25) is 0 Å².